The number of benzene rings is 2. The van der Waals surface area contributed by atoms with Gasteiger partial charge in [0.15, 0.2) is 5.78 Å². The molecule has 0 radical (unpaired) electrons. The van der Waals surface area contributed by atoms with Gasteiger partial charge in [0.25, 0.3) is 0 Å². The van der Waals surface area contributed by atoms with Gasteiger partial charge in [-0.15, -0.1) is 11.8 Å². The number of thioether (sulfide) groups is 1. The van der Waals surface area contributed by atoms with Gasteiger partial charge in [-0.25, -0.2) is 0 Å². The molecule has 2 aromatic carbocycles. The van der Waals surface area contributed by atoms with Gasteiger partial charge >= 0.3 is 0 Å². The molecule has 3 aliphatic rings. The maximum absolute atomic E-state index is 13.0. The van der Waals surface area contributed by atoms with Gasteiger partial charge in [0.2, 0.25) is 0 Å². The molecule has 3 atom stereocenters. The predicted octanol–water partition coefficient (Wildman–Crippen LogP) is 5.12. The SMILES string of the molecule is CC(CCC12CCNCC1c1cccc3c1N2CCCS3)C(=O)c1ccccc1. The zero-order valence-corrected chi connectivity index (χ0v) is 18.0. The van der Waals surface area contributed by atoms with Crippen molar-refractivity contribution >= 4 is 23.2 Å². The van der Waals surface area contributed by atoms with E-state index in [-0.39, 0.29) is 17.2 Å². The summed E-state index contributed by atoms with van der Waals surface area (Å²) in [5, 5.41) is 3.66. The minimum Gasteiger partial charge on any atom is -0.364 e. The van der Waals surface area contributed by atoms with E-state index >= 15 is 0 Å². The van der Waals surface area contributed by atoms with E-state index in [2.05, 4.69) is 35.3 Å². The van der Waals surface area contributed by atoms with E-state index in [0.717, 1.165) is 38.0 Å². The van der Waals surface area contributed by atoms with Crippen molar-refractivity contribution in [2.75, 3.05) is 30.3 Å². The summed E-state index contributed by atoms with van der Waals surface area (Å²) in [7, 11) is 0. The number of ketones is 1. The highest BCUT2D eigenvalue weighted by Crippen LogP contribution is 2.56. The number of carbonyl (C=O) groups excluding carboxylic acids is 1. The highest BCUT2D eigenvalue weighted by Gasteiger charge is 2.53. The largest absolute Gasteiger partial charge is 0.364 e. The molecule has 3 heterocycles. The van der Waals surface area contributed by atoms with Crippen LogP contribution in [0.3, 0.4) is 0 Å². The van der Waals surface area contributed by atoms with Crippen LogP contribution in [0.25, 0.3) is 0 Å². The van der Waals surface area contributed by atoms with Gasteiger partial charge in [0, 0.05) is 40.9 Å². The van der Waals surface area contributed by atoms with Crippen LogP contribution in [-0.2, 0) is 0 Å². The molecule has 2 aromatic rings. The van der Waals surface area contributed by atoms with Crippen molar-refractivity contribution in [3.05, 3.63) is 59.7 Å². The van der Waals surface area contributed by atoms with Crippen LogP contribution in [0.2, 0.25) is 0 Å². The van der Waals surface area contributed by atoms with Gasteiger partial charge < -0.3 is 10.2 Å². The second-order valence-corrected chi connectivity index (χ2v) is 9.96. The Labute approximate surface area is 178 Å². The first-order chi connectivity index (χ1) is 14.2. The topological polar surface area (TPSA) is 32.3 Å². The van der Waals surface area contributed by atoms with Crippen molar-refractivity contribution < 1.29 is 4.79 Å². The Morgan fingerprint density at radius 1 is 1.24 bits per heavy atom. The Bertz CT molecular complexity index is 899. The highest BCUT2D eigenvalue weighted by molar-refractivity contribution is 7.99. The van der Waals surface area contributed by atoms with Gasteiger partial charge in [0.1, 0.15) is 0 Å². The van der Waals surface area contributed by atoms with Gasteiger partial charge in [-0.3, -0.25) is 4.79 Å². The monoisotopic (exact) mass is 406 g/mol. The average molecular weight is 407 g/mol. The number of nitrogens with one attached hydrogen (secondary N) is 1. The van der Waals surface area contributed by atoms with Crippen LogP contribution in [-0.4, -0.2) is 36.7 Å². The summed E-state index contributed by atoms with van der Waals surface area (Å²) in [6.07, 6.45) is 4.46. The third-order valence-corrected chi connectivity index (χ3v) is 8.38. The molecule has 29 heavy (non-hydrogen) atoms. The first-order valence-corrected chi connectivity index (χ1v) is 12.0. The lowest BCUT2D eigenvalue weighted by atomic mass is 9.72. The summed E-state index contributed by atoms with van der Waals surface area (Å²) in [5.41, 5.74) is 4.05. The highest BCUT2D eigenvalue weighted by atomic mass is 32.2. The standard InChI is InChI=1S/C25H30N2OS/c1-18(24(28)19-7-3-2-4-8-19)11-12-25-13-14-26-17-21(25)20-9-5-10-22-23(20)27(25)15-6-16-29-22/h2-5,7-10,18,21,26H,6,11-17H2,1H3. The Hall–Kier alpha value is -1.78. The van der Waals surface area contributed by atoms with E-state index in [4.69, 9.17) is 0 Å². The zero-order valence-electron chi connectivity index (χ0n) is 17.2. The van der Waals surface area contributed by atoms with E-state index in [1.54, 1.807) is 0 Å². The van der Waals surface area contributed by atoms with Crippen LogP contribution >= 0.6 is 11.8 Å². The van der Waals surface area contributed by atoms with Crippen molar-refractivity contribution in [2.24, 2.45) is 5.92 Å². The Kier molecular flexibility index (Phi) is 5.17. The third kappa shape index (κ3) is 3.21. The summed E-state index contributed by atoms with van der Waals surface area (Å²) in [6.45, 7) is 5.39. The van der Waals surface area contributed by atoms with Gasteiger partial charge in [-0.1, -0.05) is 49.4 Å². The fourth-order valence-electron chi connectivity index (χ4n) is 5.74. The fourth-order valence-corrected chi connectivity index (χ4v) is 6.78. The maximum atomic E-state index is 13.0. The Morgan fingerprint density at radius 3 is 2.97 bits per heavy atom. The van der Waals surface area contributed by atoms with Crippen molar-refractivity contribution in [1.29, 1.82) is 0 Å². The molecule has 1 fully saturated rings. The number of fused-ring (bicyclic) bond motifs is 3. The number of para-hydroxylation sites is 1. The predicted molar refractivity (Wildman–Crippen MR) is 121 cm³/mol. The summed E-state index contributed by atoms with van der Waals surface area (Å²) >= 11 is 2.02. The molecule has 0 spiro atoms. The molecule has 1 N–H and O–H groups in total. The Balaban J connectivity index is 1.43. The molecule has 3 nitrogen and oxygen atoms in total. The first kappa shape index (κ1) is 19.2. The first-order valence-electron chi connectivity index (χ1n) is 11.0. The summed E-state index contributed by atoms with van der Waals surface area (Å²) in [4.78, 5) is 17.2. The van der Waals surface area contributed by atoms with Crippen LogP contribution in [0.1, 0.15) is 54.4 Å². The number of hydrogen-bond acceptors (Lipinski definition) is 4. The maximum Gasteiger partial charge on any atom is 0.165 e. The second-order valence-electron chi connectivity index (χ2n) is 8.83. The van der Waals surface area contributed by atoms with Crippen molar-refractivity contribution in [1.82, 2.24) is 5.32 Å². The number of hydrogen-bond donors (Lipinski definition) is 1. The van der Waals surface area contributed by atoms with Crippen LogP contribution in [0, 0.1) is 5.92 Å². The minimum atomic E-state index is 0.0619. The third-order valence-electron chi connectivity index (χ3n) is 7.24. The van der Waals surface area contributed by atoms with Crippen molar-refractivity contribution in [3.63, 3.8) is 0 Å². The van der Waals surface area contributed by atoms with Gasteiger partial charge in [0.05, 0.1) is 5.69 Å². The lowest BCUT2D eigenvalue weighted by Gasteiger charge is -2.47. The van der Waals surface area contributed by atoms with Crippen LogP contribution in [0.4, 0.5) is 5.69 Å². The molecule has 3 unspecified atom stereocenters. The molecule has 0 amide bonds. The van der Waals surface area contributed by atoms with Crippen LogP contribution in [0.15, 0.2) is 53.4 Å². The number of carbonyl (C=O) groups is 1. The van der Waals surface area contributed by atoms with E-state index in [1.807, 2.05) is 42.1 Å². The molecular formula is C25H30N2OS. The molecule has 5 rings (SSSR count). The van der Waals surface area contributed by atoms with E-state index < -0.39 is 0 Å². The smallest absolute Gasteiger partial charge is 0.165 e. The number of anilines is 1. The lowest BCUT2D eigenvalue weighted by Crippen LogP contribution is -2.56. The quantitative estimate of drug-likeness (QED) is 0.699. The summed E-state index contributed by atoms with van der Waals surface area (Å²) in [6, 6.07) is 16.7. The number of piperidine rings is 1. The van der Waals surface area contributed by atoms with Crippen molar-refractivity contribution in [3.8, 4) is 0 Å². The molecular weight excluding hydrogens is 376 g/mol. The molecule has 1 saturated heterocycles. The molecule has 3 aliphatic heterocycles. The Morgan fingerprint density at radius 2 is 2.10 bits per heavy atom. The number of Topliss-reactive ketones (excluding diaryl/α,β-unsaturated/α-hetero) is 1. The van der Waals surface area contributed by atoms with Crippen molar-refractivity contribution in [2.45, 2.75) is 49.0 Å². The van der Waals surface area contributed by atoms with Crippen LogP contribution < -0.4 is 10.2 Å². The fraction of sp³-hybridized carbons (Fsp3) is 0.480. The average Bonchev–Trinajstić information content (AvgIpc) is 2.89. The molecule has 0 aromatic heterocycles. The van der Waals surface area contributed by atoms with E-state index in [9.17, 15) is 4.79 Å². The zero-order chi connectivity index (χ0) is 19.8. The number of rotatable bonds is 5. The van der Waals surface area contributed by atoms with Gasteiger partial charge in [-0.2, -0.15) is 0 Å². The second kappa shape index (κ2) is 7.81. The normalized spacial score (nSPS) is 26.4. The molecule has 0 saturated carbocycles. The van der Waals surface area contributed by atoms with Crippen LogP contribution in [0.5, 0.6) is 0 Å². The molecule has 4 heteroatoms. The summed E-state index contributed by atoms with van der Waals surface area (Å²) in [5.74, 6) is 2.08. The molecule has 0 aliphatic carbocycles. The van der Waals surface area contributed by atoms with E-state index in [1.165, 1.54) is 34.7 Å². The minimum absolute atomic E-state index is 0.0619. The molecule has 0 bridgehead atoms. The summed E-state index contributed by atoms with van der Waals surface area (Å²) < 4.78 is 0. The van der Waals surface area contributed by atoms with E-state index in [0.29, 0.717) is 5.92 Å². The number of nitrogens with zero attached hydrogens (tertiary/aromatic N) is 1. The van der Waals surface area contributed by atoms with Gasteiger partial charge in [-0.05, 0) is 49.6 Å². The lowest BCUT2D eigenvalue weighted by molar-refractivity contribution is 0.0913. The molecule has 152 valence electrons.